The molecule has 0 spiro atoms. The number of fused-ring (bicyclic) bond motifs is 1. The highest BCUT2D eigenvalue weighted by Crippen LogP contribution is 2.27. The number of nitrogens with one attached hydrogen (secondary N) is 2. The quantitative estimate of drug-likeness (QED) is 0.482. The highest BCUT2D eigenvalue weighted by Gasteiger charge is 2.18. The number of nitrogens with two attached hydrogens (primary N) is 1. The first kappa shape index (κ1) is 18.2. The van der Waals surface area contributed by atoms with E-state index in [4.69, 9.17) is 17.3 Å². The highest BCUT2D eigenvalue weighted by atomic mass is 35.5. The minimum atomic E-state index is -0.173. The summed E-state index contributed by atoms with van der Waals surface area (Å²) in [5, 5.41) is 24.5. The molecule has 2 aromatic heterocycles. The molecule has 138 valence electrons. The van der Waals surface area contributed by atoms with Gasteiger partial charge in [-0.15, -0.1) is 5.10 Å². The fourth-order valence-electron chi connectivity index (χ4n) is 2.41. The third kappa shape index (κ3) is 3.63. The Morgan fingerprint density at radius 1 is 1.31 bits per heavy atom. The van der Waals surface area contributed by atoms with Crippen LogP contribution in [0, 0.1) is 5.92 Å². The van der Waals surface area contributed by atoms with Crippen LogP contribution in [0.2, 0.25) is 5.02 Å². The zero-order chi connectivity index (χ0) is 18.8. The van der Waals surface area contributed by atoms with Crippen molar-refractivity contribution in [1.82, 2.24) is 25.0 Å². The van der Waals surface area contributed by atoms with E-state index in [0.717, 1.165) is 0 Å². The van der Waals surface area contributed by atoms with Gasteiger partial charge in [0, 0.05) is 12.7 Å². The van der Waals surface area contributed by atoms with Crippen LogP contribution in [0.15, 0.2) is 18.2 Å². The summed E-state index contributed by atoms with van der Waals surface area (Å²) in [7, 11) is 1.75. The molecule has 2 heterocycles. The lowest BCUT2D eigenvalue weighted by atomic mass is 10.1. The second kappa shape index (κ2) is 7.30. The molecule has 1 aromatic carbocycles. The molecule has 1 unspecified atom stereocenters. The summed E-state index contributed by atoms with van der Waals surface area (Å²) in [6, 6.07) is 5.03. The van der Waals surface area contributed by atoms with E-state index in [-0.39, 0.29) is 18.6 Å². The number of aliphatic hydroxyl groups excluding tert-OH is 1. The lowest BCUT2D eigenvalue weighted by molar-refractivity contribution is 0.248. The van der Waals surface area contributed by atoms with Gasteiger partial charge in [-0.05, 0) is 24.1 Å². The van der Waals surface area contributed by atoms with Gasteiger partial charge in [-0.25, -0.2) is 4.68 Å². The van der Waals surface area contributed by atoms with Crippen LogP contribution in [-0.2, 0) is 7.05 Å². The SMILES string of the molecule is CC(C)C(CO)Nc1nc(Nc2ccc(Cl)c(N)c2)c2nnn(C)c2n1. The molecule has 1 atom stereocenters. The Morgan fingerprint density at radius 2 is 2.08 bits per heavy atom. The predicted octanol–water partition coefficient (Wildman–Crippen LogP) is 2.17. The lowest BCUT2D eigenvalue weighted by Gasteiger charge is -2.20. The first-order valence-corrected chi connectivity index (χ1v) is 8.53. The first-order chi connectivity index (χ1) is 12.4. The van der Waals surface area contributed by atoms with Crippen molar-refractivity contribution in [2.75, 3.05) is 23.0 Å². The Hall–Kier alpha value is -2.65. The third-order valence-corrected chi connectivity index (χ3v) is 4.37. The van der Waals surface area contributed by atoms with Crippen LogP contribution in [0.4, 0.5) is 23.1 Å². The number of hydrogen-bond donors (Lipinski definition) is 4. The molecule has 26 heavy (non-hydrogen) atoms. The van der Waals surface area contributed by atoms with E-state index in [1.807, 2.05) is 13.8 Å². The maximum atomic E-state index is 9.56. The van der Waals surface area contributed by atoms with E-state index in [2.05, 4.69) is 30.9 Å². The van der Waals surface area contributed by atoms with E-state index in [1.54, 1.807) is 29.9 Å². The minimum absolute atomic E-state index is 0.0286. The molecule has 0 saturated heterocycles. The lowest BCUT2D eigenvalue weighted by Crippen LogP contribution is -2.30. The average molecular weight is 377 g/mol. The number of hydrogen-bond acceptors (Lipinski definition) is 8. The molecule has 3 aromatic rings. The Morgan fingerprint density at radius 3 is 2.73 bits per heavy atom. The van der Waals surface area contributed by atoms with Crippen molar-refractivity contribution in [1.29, 1.82) is 0 Å². The Bertz CT molecular complexity index is 926. The maximum Gasteiger partial charge on any atom is 0.227 e. The Labute approximate surface area is 155 Å². The van der Waals surface area contributed by atoms with Crippen molar-refractivity contribution in [2.45, 2.75) is 19.9 Å². The number of nitrogens with zero attached hydrogens (tertiary/aromatic N) is 5. The van der Waals surface area contributed by atoms with E-state index in [9.17, 15) is 5.11 Å². The van der Waals surface area contributed by atoms with Crippen molar-refractivity contribution in [3.63, 3.8) is 0 Å². The van der Waals surface area contributed by atoms with Gasteiger partial charge in [-0.2, -0.15) is 9.97 Å². The van der Waals surface area contributed by atoms with Gasteiger partial charge in [-0.3, -0.25) is 0 Å². The normalized spacial score (nSPS) is 12.5. The topological polar surface area (TPSA) is 127 Å². The van der Waals surface area contributed by atoms with Gasteiger partial charge in [-0.1, -0.05) is 30.7 Å². The molecule has 3 rings (SSSR count). The van der Waals surface area contributed by atoms with Gasteiger partial charge in [0.05, 0.1) is 23.4 Å². The molecule has 0 aliphatic carbocycles. The summed E-state index contributed by atoms with van der Waals surface area (Å²) >= 11 is 5.97. The van der Waals surface area contributed by atoms with Gasteiger partial charge < -0.3 is 21.5 Å². The van der Waals surface area contributed by atoms with Crippen LogP contribution in [-0.4, -0.2) is 42.7 Å². The largest absolute Gasteiger partial charge is 0.397 e. The molecule has 0 bridgehead atoms. The predicted molar refractivity (Wildman–Crippen MR) is 103 cm³/mol. The molecular weight excluding hydrogens is 356 g/mol. The second-order valence-electron chi connectivity index (χ2n) is 6.32. The molecule has 9 nitrogen and oxygen atoms in total. The Kier molecular flexibility index (Phi) is 5.10. The number of aromatic nitrogens is 5. The third-order valence-electron chi connectivity index (χ3n) is 4.03. The maximum absolute atomic E-state index is 9.56. The molecule has 0 aliphatic rings. The number of aliphatic hydroxyl groups is 1. The van der Waals surface area contributed by atoms with E-state index >= 15 is 0 Å². The van der Waals surface area contributed by atoms with Crippen molar-refractivity contribution < 1.29 is 5.11 Å². The number of aryl methyl sites for hydroxylation is 1. The molecule has 0 aliphatic heterocycles. The van der Waals surface area contributed by atoms with Gasteiger partial charge in [0.2, 0.25) is 5.95 Å². The molecule has 10 heteroatoms. The number of halogens is 1. The minimum Gasteiger partial charge on any atom is -0.397 e. The van der Waals surface area contributed by atoms with Crippen LogP contribution in [0.25, 0.3) is 11.2 Å². The van der Waals surface area contributed by atoms with E-state index in [1.165, 1.54) is 0 Å². The van der Waals surface area contributed by atoms with Crippen LogP contribution >= 0.6 is 11.6 Å². The molecule has 5 N–H and O–H groups in total. The summed E-state index contributed by atoms with van der Waals surface area (Å²) in [5.74, 6) is 1.06. The van der Waals surface area contributed by atoms with Crippen LogP contribution in [0.1, 0.15) is 13.8 Å². The van der Waals surface area contributed by atoms with Crippen molar-refractivity contribution in [3.8, 4) is 0 Å². The number of nitrogen functional groups attached to an aromatic ring is 1. The summed E-state index contributed by atoms with van der Waals surface area (Å²) in [4.78, 5) is 8.96. The summed E-state index contributed by atoms with van der Waals surface area (Å²) in [6.07, 6.45) is 0. The van der Waals surface area contributed by atoms with Crippen molar-refractivity contribution in [2.24, 2.45) is 13.0 Å². The second-order valence-corrected chi connectivity index (χ2v) is 6.73. The van der Waals surface area contributed by atoms with Gasteiger partial charge in [0.1, 0.15) is 0 Å². The van der Waals surface area contributed by atoms with E-state index < -0.39 is 0 Å². The molecule has 0 radical (unpaired) electrons. The average Bonchev–Trinajstić information content (AvgIpc) is 2.97. The van der Waals surface area contributed by atoms with Crippen LogP contribution in [0.5, 0.6) is 0 Å². The summed E-state index contributed by atoms with van der Waals surface area (Å²) in [5.41, 5.74) is 8.12. The fourth-order valence-corrected chi connectivity index (χ4v) is 2.53. The van der Waals surface area contributed by atoms with Crippen LogP contribution in [0.3, 0.4) is 0 Å². The molecule has 0 amide bonds. The smallest absolute Gasteiger partial charge is 0.227 e. The van der Waals surface area contributed by atoms with Gasteiger partial charge >= 0.3 is 0 Å². The number of rotatable bonds is 6. The van der Waals surface area contributed by atoms with Crippen molar-refractivity contribution in [3.05, 3.63) is 23.2 Å². The van der Waals surface area contributed by atoms with Gasteiger partial charge in [0.25, 0.3) is 0 Å². The highest BCUT2D eigenvalue weighted by molar-refractivity contribution is 6.33. The fraction of sp³-hybridized carbons (Fsp3) is 0.375. The van der Waals surface area contributed by atoms with Gasteiger partial charge in [0.15, 0.2) is 17.0 Å². The summed E-state index contributed by atoms with van der Waals surface area (Å²) < 4.78 is 1.56. The van der Waals surface area contributed by atoms with Crippen LogP contribution < -0.4 is 16.4 Å². The monoisotopic (exact) mass is 376 g/mol. The molecule has 0 fully saturated rings. The first-order valence-electron chi connectivity index (χ1n) is 8.16. The number of benzene rings is 1. The Balaban J connectivity index is 2.01. The zero-order valence-corrected chi connectivity index (χ0v) is 15.5. The molecular formula is C16H21ClN8O. The summed E-state index contributed by atoms with van der Waals surface area (Å²) in [6.45, 7) is 3.99. The molecule has 0 saturated carbocycles. The van der Waals surface area contributed by atoms with Crippen molar-refractivity contribution >= 4 is 45.9 Å². The zero-order valence-electron chi connectivity index (χ0n) is 14.7. The standard InChI is InChI=1S/C16H21ClN8O/c1-8(2)12(7-26)20-16-21-14(13-15(22-16)25(3)24-23-13)19-9-4-5-10(17)11(18)6-9/h4-6,8,12,26H,7,18H2,1-3H3,(H2,19,20,21,22). The van der Waals surface area contributed by atoms with E-state index in [0.29, 0.717) is 39.3 Å². The number of anilines is 4.